The zero-order valence-electron chi connectivity index (χ0n) is 9.99. The number of aromatic nitrogens is 2. The lowest BCUT2D eigenvalue weighted by molar-refractivity contribution is 0.397. The number of aryl methyl sites for hydroxylation is 1. The molecule has 2 aromatic rings. The fourth-order valence-corrected chi connectivity index (χ4v) is 1.50. The second-order valence-electron chi connectivity index (χ2n) is 4.61. The Labute approximate surface area is 105 Å². The minimum Gasteiger partial charge on any atom is -0.334 e. The average molecular weight is 252 g/mol. The van der Waals surface area contributed by atoms with Crippen LogP contribution in [0.3, 0.4) is 0 Å². The van der Waals surface area contributed by atoms with Crippen LogP contribution in [-0.2, 0) is 5.54 Å². The molecule has 0 fully saturated rings. The third-order valence-corrected chi connectivity index (χ3v) is 2.83. The Kier molecular flexibility index (Phi) is 2.93. The van der Waals surface area contributed by atoms with Crippen molar-refractivity contribution in [3.8, 4) is 11.5 Å². The smallest absolute Gasteiger partial charge is 0.258 e. The van der Waals surface area contributed by atoms with Crippen LogP contribution in [0.5, 0.6) is 0 Å². The molecule has 0 aliphatic heterocycles. The number of nitrogens with two attached hydrogens (primary N) is 1. The van der Waals surface area contributed by atoms with Gasteiger partial charge in [0, 0.05) is 10.6 Å². The summed E-state index contributed by atoms with van der Waals surface area (Å²) >= 11 is 5.96. The minimum absolute atomic E-state index is 0.457. The standard InChI is InChI=1S/C12H14ClN3O/c1-7-6-8(4-5-9(7)13)10-15-11(16-17-10)12(2,3)14/h4-6H,14H2,1-3H3. The van der Waals surface area contributed by atoms with Gasteiger partial charge in [-0.25, -0.2) is 0 Å². The summed E-state index contributed by atoms with van der Waals surface area (Å²) in [5.41, 5.74) is 7.10. The first kappa shape index (κ1) is 12.1. The maximum absolute atomic E-state index is 5.96. The number of hydrogen-bond acceptors (Lipinski definition) is 4. The fraction of sp³-hybridized carbons (Fsp3) is 0.333. The number of rotatable bonds is 2. The number of benzene rings is 1. The first-order valence-electron chi connectivity index (χ1n) is 5.27. The van der Waals surface area contributed by atoms with Gasteiger partial charge in [0.2, 0.25) is 0 Å². The Balaban J connectivity index is 2.40. The minimum atomic E-state index is -0.608. The molecule has 0 aliphatic rings. The molecule has 0 unspecified atom stereocenters. The maximum Gasteiger partial charge on any atom is 0.258 e. The van der Waals surface area contributed by atoms with Gasteiger partial charge in [-0.1, -0.05) is 16.8 Å². The quantitative estimate of drug-likeness (QED) is 0.891. The fourth-order valence-electron chi connectivity index (χ4n) is 1.38. The highest BCUT2D eigenvalue weighted by molar-refractivity contribution is 6.31. The molecule has 2 N–H and O–H groups in total. The molecular weight excluding hydrogens is 238 g/mol. The molecule has 0 bridgehead atoms. The van der Waals surface area contributed by atoms with Crippen molar-refractivity contribution in [2.24, 2.45) is 5.73 Å². The van der Waals surface area contributed by atoms with Crippen LogP contribution in [0.25, 0.3) is 11.5 Å². The first-order chi connectivity index (χ1) is 7.88. The van der Waals surface area contributed by atoms with Crippen LogP contribution in [-0.4, -0.2) is 10.1 Å². The van der Waals surface area contributed by atoms with Crippen LogP contribution in [0.2, 0.25) is 5.02 Å². The molecule has 0 aliphatic carbocycles. The van der Waals surface area contributed by atoms with E-state index < -0.39 is 5.54 Å². The van der Waals surface area contributed by atoms with Gasteiger partial charge in [0.25, 0.3) is 5.89 Å². The topological polar surface area (TPSA) is 64.9 Å². The molecule has 0 atom stereocenters. The van der Waals surface area contributed by atoms with Crippen molar-refractivity contribution >= 4 is 11.6 Å². The van der Waals surface area contributed by atoms with Crippen molar-refractivity contribution in [1.29, 1.82) is 0 Å². The van der Waals surface area contributed by atoms with Crippen LogP contribution in [0.15, 0.2) is 22.7 Å². The Bertz CT molecular complexity index is 543. The Morgan fingerprint density at radius 3 is 2.59 bits per heavy atom. The summed E-state index contributed by atoms with van der Waals surface area (Å²) in [6.07, 6.45) is 0. The van der Waals surface area contributed by atoms with Gasteiger partial charge in [0.05, 0.1) is 5.54 Å². The van der Waals surface area contributed by atoms with Crippen molar-refractivity contribution in [1.82, 2.24) is 10.1 Å². The summed E-state index contributed by atoms with van der Waals surface area (Å²) in [5.74, 6) is 0.943. The lowest BCUT2D eigenvalue weighted by Crippen LogP contribution is -2.30. The van der Waals surface area contributed by atoms with Crippen LogP contribution in [0.4, 0.5) is 0 Å². The molecule has 1 heterocycles. The summed E-state index contributed by atoms with van der Waals surface area (Å²) in [4.78, 5) is 4.28. The van der Waals surface area contributed by atoms with E-state index in [0.29, 0.717) is 16.7 Å². The van der Waals surface area contributed by atoms with Crippen molar-refractivity contribution < 1.29 is 4.52 Å². The van der Waals surface area contributed by atoms with Crippen molar-refractivity contribution in [3.63, 3.8) is 0 Å². The van der Waals surface area contributed by atoms with Crippen LogP contribution in [0, 0.1) is 6.92 Å². The molecule has 0 saturated heterocycles. The molecule has 17 heavy (non-hydrogen) atoms. The van der Waals surface area contributed by atoms with Gasteiger partial charge in [-0.3, -0.25) is 0 Å². The zero-order chi connectivity index (χ0) is 12.6. The molecule has 4 nitrogen and oxygen atoms in total. The third kappa shape index (κ3) is 2.48. The van der Waals surface area contributed by atoms with Gasteiger partial charge >= 0.3 is 0 Å². The molecule has 0 radical (unpaired) electrons. The summed E-state index contributed by atoms with van der Waals surface area (Å²) in [6, 6.07) is 5.56. The van der Waals surface area contributed by atoms with Crippen LogP contribution < -0.4 is 5.73 Å². The lowest BCUT2D eigenvalue weighted by atomic mass is 10.1. The highest BCUT2D eigenvalue weighted by Crippen LogP contribution is 2.24. The number of hydrogen-bond donors (Lipinski definition) is 1. The van der Waals surface area contributed by atoms with Gasteiger partial charge in [-0.2, -0.15) is 4.98 Å². The van der Waals surface area contributed by atoms with Crippen LogP contribution >= 0.6 is 11.6 Å². The van der Waals surface area contributed by atoms with Crippen molar-refractivity contribution in [2.45, 2.75) is 26.3 Å². The summed E-state index contributed by atoms with van der Waals surface area (Å²) < 4.78 is 5.19. The van der Waals surface area contributed by atoms with Gasteiger partial charge in [0.1, 0.15) is 0 Å². The normalized spacial score (nSPS) is 11.8. The van der Waals surface area contributed by atoms with Crippen molar-refractivity contribution in [3.05, 3.63) is 34.6 Å². The predicted octanol–water partition coefficient (Wildman–Crippen LogP) is 2.89. The van der Waals surface area contributed by atoms with Crippen LogP contribution in [0.1, 0.15) is 25.2 Å². The van der Waals surface area contributed by atoms with E-state index in [9.17, 15) is 0 Å². The van der Waals surface area contributed by atoms with Gasteiger partial charge in [-0.05, 0) is 44.5 Å². The summed E-state index contributed by atoms with van der Waals surface area (Å²) in [6.45, 7) is 5.58. The Morgan fingerprint density at radius 2 is 2.06 bits per heavy atom. The van der Waals surface area contributed by atoms with Crippen molar-refractivity contribution in [2.75, 3.05) is 0 Å². The largest absolute Gasteiger partial charge is 0.334 e. The van der Waals surface area contributed by atoms with Gasteiger partial charge < -0.3 is 10.3 Å². The predicted molar refractivity (Wildman–Crippen MR) is 66.7 cm³/mol. The monoisotopic (exact) mass is 251 g/mol. The average Bonchev–Trinajstić information content (AvgIpc) is 2.70. The highest BCUT2D eigenvalue weighted by atomic mass is 35.5. The second-order valence-corrected chi connectivity index (χ2v) is 5.02. The van der Waals surface area contributed by atoms with E-state index in [2.05, 4.69) is 10.1 Å². The molecular formula is C12H14ClN3O. The zero-order valence-corrected chi connectivity index (χ0v) is 10.7. The molecule has 1 aromatic heterocycles. The van der Waals surface area contributed by atoms with E-state index in [1.807, 2.05) is 39.0 Å². The molecule has 0 amide bonds. The number of nitrogens with zero attached hydrogens (tertiary/aromatic N) is 2. The maximum atomic E-state index is 5.96. The van der Waals surface area contributed by atoms with E-state index in [1.54, 1.807) is 0 Å². The molecule has 0 spiro atoms. The molecule has 2 rings (SSSR count). The van der Waals surface area contributed by atoms with E-state index in [4.69, 9.17) is 21.9 Å². The van der Waals surface area contributed by atoms with Gasteiger partial charge in [0.15, 0.2) is 5.82 Å². The SMILES string of the molecule is Cc1cc(-c2nc(C(C)(C)N)no2)ccc1Cl. The Morgan fingerprint density at radius 1 is 1.35 bits per heavy atom. The van der Waals surface area contributed by atoms with E-state index >= 15 is 0 Å². The van der Waals surface area contributed by atoms with E-state index in [1.165, 1.54) is 0 Å². The molecule has 0 saturated carbocycles. The highest BCUT2D eigenvalue weighted by Gasteiger charge is 2.22. The number of halogens is 1. The molecule has 5 heteroatoms. The third-order valence-electron chi connectivity index (χ3n) is 2.41. The van der Waals surface area contributed by atoms with Gasteiger partial charge in [-0.15, -0.1) is 0 Å². The van der Waals surface area contributed by atoms with E-state index in [-0.39, 0.29) is 0 Å². The Hall–Kier alpha value is -1.39. The lowest BCUT2D eigenvalue weighted by Gasteiger charge is -2.11. The summed E-state index contributed by atoms with van der Waals surface area (Å²) in [5, 5.41) is 4.59. The van der Waals surface area contributed by atoms with E-state index in [0.717, 1.165) is 11.1 Å². The molecule has 1 aromatic carbocycles. The summed E-state index contributed by atoms with van der Waals surface area (Å²) in [7, 11) is 0. The second kappa shape index (κ2) is 4.13. The first-order valence-corrected chi connectivity index (χ1v) is 5.65. The molecule has 90 valence electrons.